The summed E-state index contributed by atoms with van der Waals surface area (Å²) in [4.78, 5) is 0. The SMILES string of the molecule is Oc1cc(Cl)c(Cl)c(Cl)c1Cl.[Li]. The predicted molar refractivity (Wildman–Crippen MR) is 53.9 cm³/mol. The topological polar surface area (TPSA) is 20.2 Å². The second-order valence-electron chi connectivity index (χ2n) is 1.82. The molecule has 0 spiro atoms. The van der Waals surface area contributed by atoms with Crippen LogP contribution in [0.4, 0.5) is 0 Å². The van der Waals surface area contributed by atoms with Crippen molar-refractivity contribution in [1.82, 2.24) is 0 Å². The minimum Gasteiger partial charge on any atom is -0.506 e. The molecule has 1 aromatic rings. The number of phenolic OH excluding ortho intramolecular Hbond substituents is 1. The Balaban J connectivity index is 0.00000121. The Kier molecular flexibility index (Phi) is 5.17. The Morgan fingerprint density at radius 2 is 1.42 bits per heavy atom. The van der Waals surface area contributed by atoms with E-state index < -0.39 is 0 Å². The molecule has 0 saturated carbocycles. The molecule has 0 heterocycles. The summed E-state index contributed by atoms with van der Waals surface area (Å²) in [5.41, 5.74) is 0. The summed E-state index contributed by atoms with van der Waals surface area (Å²) in [5.74, 6) is -0.175. The van der Waals surface area contributed by atoms with E-state index in [0.29, 0.717) is 0 Å². The third kappa shape index (κ3) is 2.39. The van der Waals surface area contributed by atoms with Gasteiger partial charge in [-0.1, -0.05) is 46.4 Å². The zero-order valence-corrected chi connectivity index (χ0v) is 9.06. The molecule has 1 rings (SSSR count). The maximum atomic E-state index is 9.05. The average molecular weight is 239 g/mol. The Morgan fingerprint density at radius 1 is 0.917 bits per heavy atom. The van der Waals surface area contributed by atoms with Crippen molar-refractivity contribution < 1.29 is 5.11 Å². The summed E-state index contributed by atoms with van der Waals surface area (Å²) in [5, 5.41) is 9.46. The van der Waals surface area contributed by atoms with Crippen LogP contribution in [0.5, 0.6) is 5.75 Å². The molecule has 6 heteroatoms. The second-order valence-corrected chi connectivity index (χ2v) is 3.36. The van der Waals surface area contributed by atoms with Gasteiger partial charge in [0.05, 0.1) is 15.1 Å². The van der Waals surface area contributed by atoms with Gasteiger partial charge in [-0.05, 0) is 0 Å². The summed E-state index contributed by atoms with van der Waals surface area (Å²) in [6.45, 7) is 0. The van der Waals surface area contributed by atoms with E-state index in [1.807, 2.05) is 0 Å². The number of benzene rings is 1. The molecule has 0 saturated heterocycles. The fourth-order valence-corrected chi connectivity index (χ4v) is 1.35. The first kappa shape index (κ1) is 12.8. The van der Waals surface area contributed by atoms with Crippen LogP contribution >= 0.6 is 46.4 Å². The van der Waals surface area contributed by atoms with Crippen LogP contribution in [0.15, 0.2) is 6.07 Å². The van der Waals surface area contributed by atoms with Crippen molar-refractivity contribution in [2.45, 2.75) is 0 Å². The Labute approximate surface area is 102 Å². The van der Waals surface area contributed by atoms with E-state index in [0.717, 1.165) is 0 Å². The average Bonchev–Trinajstić information content (AvgIpc) is 1.97. The van der Waals surface area contributed by atoms with Crippen LogP contribution in [-0.2, 0) is 0 Å². The van der Waals surface area contributed by atoms with Crippen LogP contribution in [-0.4, -0.2) is 24.0 Å². The molecule has 1 N–H and O–H groups in total. The molecular weight excluding hydrogens is 237 g/mol. The van der Waals surface area contributed by atoms with Gasteiger partial charge >= 0.3 is 0 Å². The van der Waals surface area contributed by atoms with Gasteiger partial charge in [0.25, 0.3) is 0 Å². The summed E-state index contributed by atoms with van der Waals surface area (Å²) in [6.07, 6.45) is 0. The zero-order valence-electron chi connectivity index (χ0n) is 6.04. The molecule has 1 aromatic carbocycles. The molecule has 0 aliphatic rings. The van der Waals surface area contributed by atoms with E-state index in [1.54, 1.807) is 0 Å². The molecule has 61 valence electrons. The van der Waals surface area contributed by atoms with Crippen molar-refractivity contribution in [3.05, 3.63) is 26.2 Å². The van der Waals surface area contributed by atoms with Crippen LogP contribution in [0.2, 0.25) is 20.1 Å². The van der Waals surface area contributed by atoms with E-state index in [4.69, 9.17) is 51.5 Å². The molecule has 0 atom stereocenters. The van der Waals surface area contributed by atoms with Crippen molar-refractivity contribution in [2.24, 2.45) is 0 Å². The minimum atomic E-state index is -0.175. The minimum absolute atomic E-state index is 0. The van der Waals surface area contributed by atoms with Gasteiger partial charge in [-0.15, -0.1) is 0 Å². The van der Waals surface area contributed by atoms with Gasteiger partial charge in [-0.2, -0.15) is 0 Å². The first-order chi connectivity index (χ1) is 5.04. The third-order valence-corrected chi connectivity index (χ3v) is 2.82. The number of hydrogen-bond donors (Lipinski definition) is 1. The van der Waals surface area contributed by atoms with Gasteiger partial charge in [-0.25, -0.2) is 0 Å². The van der Waals surface area contributed by atoms with Gasteiger partial charge in [0.15, 0.2) is 0 Å². The Hall–Kier alpha value is 0.777. The van der Waals surface area contributed by atoms with Gasteiger partial charge < -0.3 is 5.11 Å². The number of hydrogen-bond acceptors (Lipinski definition) is 1. The van der Waals surface area contributed by atoms with Crippen LogP contribution in [0.25, 0.3) is 0 Å². The fraction of sp³-hybridized carbons (Fsp3) is 0. The van der Waals surface area contributed by atoms with E-state index in [9.17, 15) is 0 Å². The molecule has 0 aromatic heterocycles. The monoisotopic (exact) mass is 237 g/mol. The summed E-state index contributed by atoms with van der Waals surface area (Å²) in [6, 6.07) is 1.23. The molecule has 0 fully saturated rings. The van der Waals surface area contributed by atoms with E-state index in [2.05, 4.69) is 0 Å². The van der Waals surface area contributed by atoms with Crippen molar-refractivity contribution in [3.8, 4) is 5.75 Å². The molecule has 0 bridgehead atoms. The Bertz CT molecular complexity index is 276. The molecule has 12 heavy (non-hydrogen) atoms. The molecule has 1 nitrogen and oxygen atoms in total. The number of aromatic hydroxyl groups is 1. The summed E-state index contributed by atoms with van der Waals surface area (Å²) in [7, 11) is 0. The molecule has 0 aliphatic carbocycles. The maximum Gasteiger partial charge on any atom is 0.137 e. The van der Waals surface area contributed by atoms with Crippen LogP contribution in [0.3, 0.4) is 0 Å². The number of rotatable bonds is 0. The van der Waals surface area contributed by atoms with Gasteiger partial charge in [0, 0.05) is 24.9 Å². The van der Waals surface area contributed by atoms with Gasteiger partial charge in [0.1, 0.15) is 10.8 Å². The maximum absolute atomic E-state index is 9.05. The molecule has 0 aliphatic heterocycles. The molecule has 1 radical (unpaired) electrons. The number of phenols is 1. The first-order valence-electron chi connectivity index (χ1n) is 2.56. The Morgan fingerprint density at radius 3 is 1.92 bits per heavy atom. The molecule has 0 unspecified atom stereocenters. The van der Waals surface area contributed by atoms with Gasteiger partial charge in [0.2, 0.25) is 0 Å². The fourth-order valence-electron chi connectivity index (χ4n) is 0.560. The predicted octanol–water partition coefficient (Wildman–Crippen LogP) is 3.62. The summed E-state index contributed by atoms with van der Waals surface area (Å²) >= 11 is 22.3. The largest absolute Gasteiger partial charge is 0.506 e. The smallest absolute Gasteiger partial charge is 0.137 e. The first-order valence-corrected chi connectivity index (χ1v) is 4.07. The normalized spacial score (nSPS) is 9.33. The van der Waals surface area contributed by atoms with Crippen molar-refractivity contribution in [1.29, 1.82) is 0 Å². The van der Waals surface area contributed by atoms with Crippen molar-refractivity contribution >= 4 is 65.3 Å². The van der Waals surface area contributed by atoms with Crippen LogP contribution < -0.4 is 0 Å². The van der Waals surface area contributed by atoms with E-state index in [1.165, 1.54) is 6.07 Å². The van der Waals surface area contributed by atoms with E-state index >= 15 is 0 Å². The van der Waals surface area contributed by atoms with Crippen LogP contribution in [0.1, 0.15) is 0 Å². The van der Waals surface area contributed by atoms with E-state index in [-0.39, 0.29) is 44.7 Å². The quantitative estimate of drug-likeness (QED) is 0.416. The molecule has 0 amide bonds. The van der Waals surface area contributed by atoms with Crippen LogP contribution in [0, 0.1) is 0 Å². The van der Waals surface area contributed by atoms with Crippen molar-refractivity contribution in [2.75, 3.05) is 0 Å². The standard InChI is InChI=1S/C6H2Cl4O.Li/c7-2-1-3(11)5(9)6(10)4(2)8;/h1,11H;. The zero-order chi connectivity index (χ0) is 8.59. The third-order valence-electron chi connectivity index (χ3n) is 1.08. The van der Waals surface area contributed by atoms with Crippen molar-refractivity contribution in [3.63, 3.8) is 0 Å². The summed E-state index contributed by atoms with van der Waals surface area (Å²) < 4.78 is 0. The molecular formula is C6H2Cl4LiO. The van der Waals surface area contributed by atoms with Gasteiger partial charge in [-0.3, -0.25) is 0 Å². The second kappa shape index (κ2) is 4.86. The number of halogens is 4.